The molecule has 0 unspecified atom stereocenters. The predicted molar refractivity (Wildman–Crippen MR) is 91.9 cm³/mol. The van der Waals surface area contributed by atoms with Crippen LogP contribution < -0.4 is 0 Å². The van der Waals surface area contributed by atoms with Crippen LogP contribution in [-0.2, 0) is 4.79 Å². The molecule has 0 radical (unpaired) electrons. The summed E-state index contributed by atoms with van der Waals surface area (Å²) in [4.78, 5) is 12.1. The summed E-state index contributed by atoms with van der Waals surface area (Å²) >= 11 is 0. The molecule has 7 atom stereocenters. The number of carbonyl (C=O) groups excluding carboxylic acids is 1. The van der Waals surface area contributed by atoms with Crippen LogP contribution in [0.3, 0.4) is 0 Å². The van der Waals surface area contributed by atoms with Crippen LogP contribution in [-0.4, -0.2) is 17.0 Å². The highest BCUT2D eigenvalue weighted by molar-refractivity contribution is 5.95. The second-order valence-corrected chi connectivity index (χ2v) is 9.45. The molecule has 0 heterocycles. The van der Waals surface area contributed by atoms with E-state index in [-0.39, 0.29) is 11.5 Å². The van der Waals surface area contributed by atoms with E-state index in [1.54, 1.807) is 6.92 Å². The van der Waals surface area contributed by atoms with Gasteiger partial charge in [-0.25, -0.2) is 0 Å². The second-order valence-electron chi connectivity index (χ2n) is 9.45. The van der Waals surface area contributed by atoms with Crippen LogP contribution in [0, 0.1) is 34.5 Å². The molecule has 128 valence electrons. The highest BCUT2D eigenvalue weighted by atomic mass is 16.3. The summed E-state index contributed by atoms with van der Waals surface area (Å²) in [5.74, 6) is 3.31. The zero-order chi connectivity index (χ0) is 16.4. The Morgan fingerprint density at radius 3 is 2.65 bits per heavy atom. The van der Waals surface area contributed by atoms with Gasteiger partial charge in [0.15, 0.2) is 5.78 Å². The van der Waals surface area contributed by atoms with Crippen LogP contribution in [0.25, 0.3) is 0 Å². The normalized spacial score (nSPS) is 52.2. The van der Waals surface area contributed by atoms with E-state index in [1.165, 1.54) is 32.1 Å². The van der Waals surface area contributed by atoms with Crippen molar-refractivity contribution in [2.24, 2.45) is 34.5 Å². The summed E-state index contributed by atoms with van der Waals surface area (Å²) in [7, 11) is 0. The van der Waals surface area contributed by atoms with Gasteiger partial charge in [0.25, 0.3) is 0 Å². The molecular weight excluding hydrogens is 284 g/mol. The molecule has 0 aromatic rings. The van der Waals surface area contributed by atoms with Gasteiger partial charge in [0, 0.05) is 0 Å². The molecule has 0 aromatic carbocycles. The fourth-order valence-corrected chi connectivity index (χ4v) is 7.35. The Morgan fingerprint density at radius 2 is 1.91 bits per heavy atom. The van der Waals surface area contributed by atoms with Crippen LogP contribution in [0.4, 0.5) is 0 Å². The minimum absolute atomic E-state index is 0.0593. The minimum atomic E-state index is -0.0593. The van der Waals surface area contributed by atoms with Crippen LogP contribution in [0.5, 0.6) is 0 Å². The smallest absolute Gasteiger partial charge is 0.156 e. The first kappa shape index (κ1) is 15.9. The molecule has 0 aromatic heterocycles. The summed E-state index contributed by atoms with van der Waals surface area (Å²) in [6, 6.07) is 0. The molecule has 0 saturated heterocycles. The van der Waals surface area contributed by atoms with Crippen LogP contribution in [0.15, 0.2) is 11.6 Å². The van der Waals surface area contributed by atoms with Crippen molar-refractivity contribution in [1.29, 1.82) is 0 Å². The summed E-state index contributed by atoms with van der Waals surface area (Å²) in [5.41, 5.74) is 1.71. The number of Topliss-reactive ketones (excluding diaryl/α,β-unsaturated/α-hetero) is 1. The van der Waals surface area contributed by atoms with Crippen molar-refractivity contribution < 1.29 is 9.90 Å². The second kappa shape index (κ2) is 5.18. The lowest BCUT2D eigenvalue weighted by atomic mass is 9.44. The number of hydrogen-bond acceptors (Lipinski definition) is 2. The highest BCUT2D eigenvalue weighted by Gasteiger charge is 2.58. The van der Waals surface area contributed by atoms with Gasteiger partial charge in [-0.15, -0.1) is 0 Å². The maximum absolute atomic E-state index is 12.1. The van der Waals surface area contributed by atoms with Gasteiger partial charge in [-0.2, -0.15) is 0 Å². The molecule has 0 amide bonds. The summed E-state index contributed by atoms with van der Waals surface area (Å²) in [6.45, 7) is 6.65. The summed E-state index contributed by atoms with van der Waals surface area (Å²) in [5, 5.41) is 10.1. The number of ketones is 1. The Kier molecular flexibility index (Phi) is 3.58. The quantitative estimate of drug-likeness (QED) is 0.772. The van der Waals surface area contributed by atoms with Crippen molar-refractivity contribution in [2.75, 3.05) is 0 Å². The molecule has 0 bridgehead atoms. The molecule has 4 aliphatic rings. The van der Waals surface area contributed by atoms with E-state index in [0.29, 0.717) is 17.1 Å². The number of aliphatic hydroxyl groups excluding tert-OH is 1. The molecule has 3 saturated carbocycles. The van der Waals surface area contributed by atoms with Crippen LogP contribution in [0.2, 0.25) is 0 Å². The lowest BCUT2D eigenvalue weighted by molar-refractivity contribution is -0.124. The van der Waals surface area contributed by atoms with Crippen molar-refractivity contribution in [3.8, 4) is 0 Å². The van der Waals surface area contributed by atoms with Gasteiger partial charge in [-0.1, -0.05) is 19.9 Å². The zero-order valence-corrected chi connectivity index (χ0v) is 15.0. The third kappa shape index (κ3) is 2.13. The molecule has 4 aliphatic carbocycles. The molecule has 0 spiro atoms. The van der Waals surface area contributed by atoms with E-state index in [1.807, 2.05) is 0 Å². The van der Waals surface area contributed by atoms with E-state index < -0.39 is 0 Å². The van der Waals surface area contributed by atoms with Gasteiger partial charge >= 0.3 is 0 Å². The predicted octanol–water partition coefficient (Wildman–Crippen LogP) is 4.52. The van der Waals surface area contributed by atoms with E-state index in [4.69, 9.17) is 0 Å². The molecule has 3 fully saturated rings. The molecule has 0 aliphatic heterocycles. The lowest BCUT2D eigenvalue weighted by Gasteiger charge is -2.60. The Bertz CT molecular complexity index is 550. The monoisotopic (exact) mass is 316 g/mol. The van der Waals surface area contributed by atoms with Crippen molar-refractivity contribution >= 4 is 5.78 Å². The maximum atomic E-state index is 12.1. The zero-order valence-electron chi connectivity index (χ0n) is 15.0. The average Bonchev–Trinajstić information content (AvgIpc) is 2.85. The molecule has 2 heteroatoms. The van der Waals surface area contributed by atoms with Gasteiger partial charge in [0.1, 0.15) is 0 Å². The Labute approximate surface area is 140 Å². The number of rotatable bonds is 1. The molecule has 23 heavy (non-hydrogen) atoms. The topological polar surface area (TPSA) is 37.3 Å². The number of carbonyl (C=O) groups is 1. The van der Waals surface area contributed by atoms with Gasteiger partial charge in [0.05, 0.1) is 6.10 Å². The standard InChI is InChI=1S/C21H32O2/c1-13(22)17-6-7-18-16-5-4-14-12-15(23)8-10-20(14,2)19(16)9-11-21(17,18)3/h6,14-16,18-19,23H,4-5,7-12H2,1-3H3/t14-,15+,16-,18+,19+,20-,21+/m0/s1. The van der Waals surface area contributed by atoms with Crippen molar-refractivity contribution in [3.63, 3.8) is 0 Å². The fraction of sp³-hybridized carbons (Fsp3) is 0.857. The van der Waals surface area contributed by atoms with E-state index in [9.17, 15) is 9.90 Å². The largest absolute Gasteiger partial charge is 0.393 e. The number of hydrogen-bond donors (Lipinski definition) is 1. The van der Waals surface area contributed by atoms with Crippen LogP contribution in [0.1, 0.15) is 72.1 Å². The van der Waals surface area contributed by atoms with Gasteiger partial charge in [0.2, 0.25) is 0 Å². The number of allylic oxidation sites excluding steroid dienone is 2. The first-order valence-corrected chi connectivity index (χ1v) is 9.76. The first-order valence-electron chi connectivity index (χ1n) is 9.76. The molecule has 2 nitrogen and oxygen atoms in total. The molecule has 4 rings (SSSR count). The lowest BCUT2D eigenvalue weighted by Crippen LogP contribution is -2.53. The van der Waals surface area contributed by atoms with E-state index in [2.05, 4.69) is 19.9 Å². The first-order chi connectivity index (χ1) is 10.9. The minimum Gasteiger partial charge on any atom is -0.393 e. The van der Waals surface area contributed by atoms with Crippen molar-refractivity contribution in [3.05, 3.63) is 11.6 Å². The summed E-state index contributed by atoms with van der Waals surface area (Å²) in [6.07, 6.45) is 11.6. The van der Waals surface area contributed by atoms with Crippen molar-refractivity contribution in [1.82, 2.24) is 0 Å². The highest BCUT2D eigenvalue weighted by Crippen LogP contribution is 2.66. The fourth-order valence-electron chi connectivity index (χ4n) is 7.35. The Hall–Kier alpha value is -0.630. The van der Waals surface area contributed by atoms with Crippen molar-refractivity contribution in [2.45, 2.75) is 78.2 Å². The van der Waals surface area contributed by atoms with Crippen LogP contribution >= 0.6 is 0 Å². The number of fused-ring (bicyclic) bond motifs is 5. The average molecular weight is 316 g/mol. The van der Waals surface area contributed by atoms with E-state index >= 15 is 0 Å². The Balaban J connectivity index is 1.62. The van der Waals surface area contributed by atoms with E-state index in [0.717, 1.165) is 42.6 Å². The number of aliphatic hydroxyl groups is 1. The molecular formula is C21H32O2. The van der Waals surface area contributed by atoms with Gasteiger partial charge in [-0.3, -0.25) is 4.79 Å². The maximum Gasteiger partial charge on any atom is 0.156 e. The molecule has 1 N–H and O–H groups in total. The SMILES string of the molecule is CC(=O)C1=CC[C@@H]2[C@@H]3CC[C@H]4C[C@H](O)CC[C@]4(C)[C@@H]3CC[C@]12C. The third-order valence-corrected chi connectivity index (χ3v) is 8.60. The Morgan fingerprint density at radius 1 is 1.13 bits per heavy atom. The van der Waals surface area contributed by atoms with Gasteiger partial charge < -0.3 is 5.11 Å². The van der Waals surface area contributed by atoms with Gasteiger partial charge in [-0.05, 0) is 98.4 Å². The third-order valence-electron chi connectivity index (χ3n) is 8.60. The summed E-state index contributed by atoms with van der Waals surface area (Å²) < 4.78 is 0.